The zero-order valence-corrected chi connectivity index (χ0v) is 14.7. The Hall–Kier alpha value is -1.89. The fourth-order valence-electron chi connectivity index (χ4n) is 3.52. The third kappa shape index (κ3) is 3.31. The zero-order chi connectivity index (χ0) is 17.2. The second kappa shape index (κ2) is 6.93. The van der Waals surface area contributed by atoms with Gasteiger partial charge in [0.2, 0.25) is 5.91 Å². The van der Waals surface area contributed by atoms with E-state index in [1.54, 1.807) is 11.3 Å². The molecule has 2 aliphatic rings. The van der Waals surface area contributed by atoms with Gasteiger partial charge in [0.1, 0.15) is 5.54 Å². The standard InChI is InChI=1S/C17H23N3O3S/c1-12(13-6-5-11-24-13)18-14(21)7-4-10-20-15(22)17(19-16(20)23)8-2-3-9-17/h5-6,11-12H,2-4,7-10H2,1H3,(H,18,21)(H,19,23)/t12-/m0/s1. The lowest BCUT2D eigenvalue weighted by atomic mass is 9.98. The number of carbonyl (C=O) groups is 3. The summed E-state index contributed by atoms with van der Waals surface area (Å²) >= 11 is 1.61. The Morgan fingerprint density at radius 3 is 2.83 bits per heavy atom. The Balaban J connectivity index is 1.45. The van der Waals surface area contributed by atoms with Crippen LogP contribution in [0.3, 0.4) is 0 Å². The molecule has 130 valence electrons. The van der Waals surface area contributed by atoms with Gasteiger partial charge in [-0.25, -0.2) is 4.79 Å². The lowest BCUT2D eigenvalue weighted by Crippen LogP contribution is -2.44. The first-order valence-corrected chi connectivity index (χ1v) is 9.37. The number of nitrogens with zero attached hydrogens (tertiary/aromatic N) is 1. The summed E-state index contributed by atoms with van der Waals surface area (Å²) in [5.74, 6) is -0.170. The minimum Gasteiger partial charge on any atom is -0.349 e. The van der Waals surface area contributed by atoms with E-state index in [1.807, 2.05) is 24.4 Å². The molecule has 1 aliphatic heterocycles. The Morgan fingerprint density at radius 2 is 2.17 bits per heavy atom. The average molecular weight is 349 g/mol. The van der Waals surface area contributed by atoms with Gasteiger partial charge in [-0.2, -0.15) is 0 Å². The summed E-state index contributed by atoms with van der Waals surface area (Å²) in [7, 11) is 0. The Kier molecular flexibility index (Phi) is 4.89. The van der Waals surface area contributed by atoms with E-state index in [4.69, 9.17) is 0 Å². The van der Waals surface area contributed by atoms with Gasteiger partial charge in [-0.1, -0.05) is 18.9 Å². The van der Waals surface area contributed by atoms with Crippen LogP contribution in [0, 0.1) is 0 Å². The summed E-state index contributed by atoms with van der Waals surface area (Å²) in [5.41, 5.74) is -0.660. The van der Waals surface area contributed by atoms with Crippen molar-refractivity contribution in [3.63, 3.8) is 0 Å². The van der Waals surface area contributed by atoms with Crippen LogP contribution in [-0.2, 0) is 9.59 Å². The van der Waals surface area contributed by atoms with Crippen LogP contribution in [0.1, 0.15) is 56.4 Å². The molecule has 6 nitrogen and oxygen atoms in total. The van der Waals surface area contributed by atoms with Crippen molar-refractivity contribution in [1.82, 2.24) is 15.5 Å². The van der Waals surface area contributed by atoms with E-state index in [1.165, 1.54) is 4.90 Å². The number of nitrogens with one attached hydrogen (secondary N) is 2. The summed E-state index contributed by atoms with van der Waals surface area (Å²) in [4.78, 5) is 39.0. The Morgan fingerprint density at radius 1 is 1.42 bits per heavy atom. The predicted molar refractivity (Wildman–Crippen MR) is 91.6 cm³/mol. The van der Waals surface area contributed by atoms with Crippen molar-refractivity contribution in [1.29, 1.82) is 0 Å². The monoisotopic (exact) mass is 349 g/mol. The number of urea groups is 1. The summed E-state index contributed by atoms with van der Waals surface area (Å²) in [6.45, 7) is 2.25. The molecule has 1 aromatic rings. The third-order valence-corrected chi connectivity index (χ3v) is 5.89. The maximum absolute atomic E-state index is 12.5. The van der Waals surface area contributed by atoms with Crippen molar-refractivity contribution >= 4 is 29.2 Å². The molecule has 1 saturated heterocycles. The summed E-state index contributed by atoms with van der Waals surface area (Å²) in [5, 5.41) is 7.78. The van der Waals surface area contributed by atoms with E-state index < -0.39 is 5.54 Å². The minimum atomic E-state index is -0.660. The number of imide groups is 1. The molecule has 4 amide bonds. The van der Waals surface area contributed by atoms with Gasteiger partial charge in [-0.15, -0.1) is 11.3 Å². The van der Waals surface area contributed by atoms with Gasteiger partial charge in [0.25, 0.3) is 5.91 Å². The number of hydrogen-bond acceptors (Lipinski definition) is 4. The second-order valence-corrected chi connectivity index (χ2v) is 7.56. The molecular formula is C17H23N3O3S. The molecule has 0 aromatic carbocycles. The number of amides is 4. The normalized spacial score (nSPS) is 20.5. The van der Waals surface area contributed by atoms with Crippen molar-refractivity contribution in [2.24, 2.45) is 0 Å². The fraction of sp³-hybridized carbons (Fsp3) is 0.588. The molecule has 1 saturated carbocycles. The van der Waals surface area contributed by atoms with Crippen LogP contribution < -0.4 is 10.6 Å². The van der Waals surface area contributed by atoms with E-state index >= 15 is 0 Å². The molecule has 7 heteroatoms. The van der Waals surface area contributed by atoms with Crippen LogP contribution in [0.2, 0.25) is 0 Å². The topological polar surface area (TPSA) is 78.5 Å². The molecule has 1 aliphatic carbocycles. The third-order valence-electron chi connectivity index (χ3n) is 4.84. The van der Waals surface area contributed by atoms with Gasteiger partial charge in [0, 0.05) is 17.8 Å². The van der Waals surface area contributed by atoms with E-state index in [9.17, 15) is 14.4 Å². The van der Waals surface area contributed by atoms with Crippen molar-refractivity contribution < 1.29 is 14.4 Å². The van der Waals surface area contributed by atoms with E-state index in [2.05, 4.69) is 10.6 Å². The lowest BCUT2D eigenvalue weighted by molar-refractivity contribution is -0.131. The maximum Gasteiger partial charge on any atom is 0.325 e. The molecular weight excluding hydrogens is 326 g/mol. The first kappa shape index (κ1) is 17.0. The second-order valence-electron chi connectivity index (χ2n) is 6.58. The largest absolute Gasteiger partial charge is 0.349 e. The maximum atomic E-state index is 12.5. The quantitative estimate of drug-likeness (QED) is 0.775. The fourth-order valence-corrected chi connectivity index (χ4v) is 4.25. The van der Waals surface area contributed by atoms with Crippen LogP contribution in [-0.4, -0.2) is 34.8 Å². The highest BCUT2D eigenvalue weighted by molar-refractivity contribution is 7.10. The van der Waals surface area contributed by atoms with Crippen molar-refractivity contribution in [2.75, 3.05) is 6.54 Å². The van der Waals surface area contributed by atoms with Crippen LogP contribution >= 0.6 is 11.3 Å². The molecule has 2 heterocycles. The Labute approximate surface area is 145 Å². The molecule has 1 spiro atoms. The predicted octanol–water partition coefficient (Wildman–Crippen LogP) is 2.57. The molecule has 0 unspecified atom stereocenters. The summed E-state index contributed by atoms with van der Waals surface area (Å²) in [6.07, 6.45) is 4.20. The van der Waals surface area contributed by atoms with Gasteiger partial charge in [0.05, 0.1) is 6.04 Å². The van der Waals surface area contributed by atoms with Gasteiger partial charge in [0.15, 0.2) is 0 Å². The highest BCUT2D eigenvalue weighted by Crippen LogP contribution is 2.35. The number of hydrogen-bond donors (Lipinski definition) is 2. The van der Waals surface area contributed by atoms with Crippen molar-refractivity contribution in [2.45, 2.75) is 57.0 Å². The van der Waals surface area contributed by atoms with Gasteiger partial charge >= 0.3 is 6.03 Å². The highest BCUT2D eigenvalue weighted by Gasteiger charge is 2.51. The van der Waals surface area contributed by atoms with Crippen LogP contribution in [0.15, 0.2) is 17.5 Å². The number of thiophene rings is 1. The van der Waals surface area contributed by atoms with Crippen LogP contribution in [0.4, 0.5) is 4.79 Å². The van der Waals surface area contributed by atoms with Crippen LogP contribution in [0.5, 0.6) is 0 Å². The van der Waals surface area contributed by atoms with Gasteiger partial charge in [-0.3, -0.25) is 14.5 Å². The van der Waals surface area contributed by atoms with E-state index in [-0.39, 0.29) is 23.9 Å². The molecule has 24 heavy (non-hydrogen) atoms. The molecule has 1 aromatic heterocycles. The highest BCUT2D eigenvalue weighted by atomic mass is 32.1. The number of rotatable bonds is 6. The SMILES string of the molecule is C[C@H](NC(=O)CCCN1C(=O)NC2(CCCC2)C1=O)c1cccs1. The number of carbonyl (C=O) groups excluding carboxylic acids is 3. The molecule has 1 atom stereocenters. The zero-order valence-electron chi connectivity index (χ0n) is 13.8. The average Bonchev–Trinajstić information content (AvgIpc) is 3.26. The minimum absolute atomic E-state index is 0.0176. The first-order valence-electron chi connectivity index (χ1n) is 8.49. The molecule has 2 fully saturated rings. The lowest BCUT2D eigenvalue weighted by Gasteiger charge is -2.20. The molecule has 2 N–H and O–H groups in total. The molecule has 0 radical (unpaired) electrons. The smallest absolute Gasteiger partial charge is 0.325 e. The van der Waals surface area contributed by atoms with E-state index in [0.29, 0.717) is 19.4 Å². The first-order chi connectivity index (χ1) is 11.5. The molecule has 3 rings (SSSR count). The molecule has 0 bridgehead atoms. The summed E-state index contributed by atoms with van der Waals surface area (Å²) in [6, 6.07) is 3.62. The van der Waals surface area contributed by atoms with Crippen molar-refractivity contribution in [3.05, 3.63) is 22.4 Å². The van der Waals surface area contributed by atoms with Gasteiger partial charge in [-0.05, 0) is 37.6 Å². The van der Waals surface area contributed by atoms with Gasteiger partial charge < -0.3 is 10.6 Å². The summed E-state index contributed by atoms with van der Waals surface area (Å²) < 4.78 is 0. The Bertz CT molecular complexity index is 623. The van der Waals surface area contributed by atoms with Crippen LogP contribution in [0.25, 0.3) is 0 Å². The van der Waals surface area contributed by atoms with Crippen molar-refractivity contribution in [3.8, 4) is 0 Å². The van der Waals surface area contributed by atoms with E-state index in [0.717, 1.165) is 30.6 Å².